The van der Waals surface area contributed by atoms with Crippen molar-refractivity contribution in [2.45, 2.75) is 33.6 Å². The van der Waals surface area contributed by atoms with E-state index in [1.165, 1.54) is 0 Å². The molecule has 0 spiro atoms. The average molecular weight is 167 g/mol. The first-order valence-corrected chi connectivity index (χ1v) is 4.45. The lowest BCUT2D eigenvalue weighted by molar-refractivity contribution is 0.240. The summed E-state index contributed by atoms with van der Waals surface area (Å²) in [5.41, 5.74) is 0. The molecule has 2 nitrogen and oxygen atoms in total. The van der Waals surface area contributed by atoms with E-state index >= 15 is 0 Å². The molecule has 0 N–H and O–H groups in total. The van der Waals surface area contributed by atoms with Crippen LogP contribution >= 0.6 is 0 Å². The number of allylic oxidation sites excluding steroid dienone is 3. The third-order valence-corrected chi connectivity index (χ3v) is 1.22. The lowest BCUT2D eigenvalue weighted by atomic mass is 10.2. The smallest absolute Gasteiger partial charge is 0.153 e. The summed E-state index contributed by atoms with van der Waals surface area (Å²) < 4.78 is 0. The summed E-state index contributed by atoms with van der Waals surface area (Å²) in [5.74, 6) is 0.851. The van der Waals surface area contributed by atoms with Gasteiger partial charge in [0.1, 0.15) is 0 Å². The van der Waals surface area contributed by atoms with Crippen LogP contribution in [0.1, 0.15) is 33.6 Å². The number of nitrogens with zero attached hydrogens (tertiary/aromatic N) is 1. The highest BCUT2D eigenvalue weighted by atomic mass is 16.6. The first-order chi connectivity index (χ1) is 5.93. The molecule has 0 radical (unpaired) electrons. The molecule has 0 atom stereocenters. The van der Waals surface area contributed by atoms with Gasteiger partial charge in [0.25, 0.3) is 0 Å². The zero-order valence-electron chi connectivity index (χ0n) is 8.08. The lowest BCUT2D eigenvalue weighted by Crippen LogP contribution is -1.85. The maximum atomic E-state index is 4.98. The molecule has 12 heavy (non-hydrogen) atoms. The van der Waals surface area contributed by atoms with Gasteiger partial charge in [-0.25, -0.2) is 0 Å². The Morgan fingerprint density at radius 3 is 2.67 bits per heavy atom. The van der Waals surface area contributed by atoms with Crippen LogP contribution in [0.3, 0.4) is 0 Å². The molecular weight excluding hydrogens is 150 g/mol. The van der Waals surface area contributed by atoms with E-state index in [0.717, 1.165) is 18.6 Å². The molecule has 0 aliphatic heterocycles. The Hall–Kier alpha value is -1.05. The van der Waals surface area contributed by atoms with E-state index in [2.05, 4.69) is 11.2 Å². The minimum Gasteiger partial charge on any atom is -0.358 e. The van der Waals surface area contributed by atoms with Gasteiger partial charge in [0.2, 0.25) is 0 Å². The highest BCUT2D eigenvalue weighted by Gasteiger charge is 1.95. The van der Waals surface area contributed by atoms with Gasteiger partial charge < -0.3 is 4.84 Å². The molecule has 1 rings (SSSR count). The molecule has 0 fully saturated rings. The molecule has 0 saturated heterocycles. The van der Waals surface area contributed by atoms with E-state index in [1.807, 2.05) is 32.9 Å². The minimum absolute atomic E-state index is 0.851. The van der Waals surface area contributed by atoms with Crippen LogP contribution in [0.4, 0.5) is 0 Å². The zero-order chi connectivity index (χ0) is 9.23. The third kappa shape index (κ3) is 4.72. The van der Waals surface area contributed by atoms with Crippen molar-refractivity contribution in [2.75, 3.05) is 0 Å². The van der Waals surface area contributed by atoms with Crippen LogP contribution in [0.25, 0.3) is 0 Å². The fourth-order valence-electron chi connectivity index (χ4n) is 0.771. The molecular formula is C10H17NO. The first kappa shape index (κ1) is 11.0. The van der Waals surface area contributed by atoms with Crippen LogP contribution in [0.5, 0.6) is 0 Å². The Labute approximate surface area is 74.6 Å². The number of hydrogen-bond donors (Lipinski definition) is 0. The predicted molar refractivity (Wildman–Crippen MR) is 53.1 cm³/mol. The van der Waals surface area contributed by atoms with Crippen LogP contribution in [-0.4, -0.2) is 6.21 Å². The van der Waals surface area contributed by atoms with Crippen molar-refractivity contribution >= 4 is 6.21 Å². The summed E-state index contributed by atoms with van der Waals surface area (Å²) in [5, 5.41) is 3.65. The number of hydrogen-bond acceptors (Lipinski definition) is 2. The summed E-state index contributed by atoms with van der Waals surface area (Å²) in [4.78, 5) is 4.98. The monoisotopic (exact) mass is 167 g/mol. The van der Waals surface area contributed by atoms with Crippen molar-refractivity contribution in [2.24, 2.45) is 5.16 Å². The Balaban J connectivity index is 0.000000561. The molecule has 2 heteroatoms. The normalized spacial score (nSPS) is 15.1. The maximum Gasteiger partial charge on any atom is 0.153 e. The van der Waals surface area contributed by atoms with E-state index in [1.54, 1.807) is 6.21 Å². The van der Waals surface area contributed by atoms with Gasteiger partial charge in [-0.3, -0.25) is 0 Å². The zero-order valence-corrected chi connectivity index (χ0v) is 8.08. The first-order valence-electron chi connectivity index (χ1n) is 4.45. The summed E-state index contributed by atoms with van der Waals surface area (Å²) in [6.07, 6.45) is 9.86. The van der Waals surface area contributed by atoms with Crippen molar-refractivity contribution in [3.8, 4) is 0 Å². The van der Waals surface area contributed by atoms with Gasteiger partial charge in [0.05, 0.1) is 0 Å². The highest BCUT2D eigenvalue weighted by Crippen LogP contribution is 2.10. The van der Waals surface area contributed by atoms with Gasteiger partial charge in [0.15, 0.2) is 5.76 Å². The molecule has 0 heterocycles. The summed E-state index contributed by atoms with van der Waals surface area (Å²) in [7, 11) is 0. The van der Waals surface area contributed by atoms with Crippen LogP contribution in [0, 0.1) is 0 Å². The topological polar surface area (TPSA) is 21.6 Å². The number of rotatable bonds is 2. The van der Waals surface area contributed by atoms with E-state index in [9.17, 15) is 0 Å². The molecule has 0 bridgehead atoms. The molecule has 68 valence electrons. The molecule has 0 amide bonds. The Bertz CT molecular complexity index is 180. The molecule has 1 aliphatic carbocycles. The maximum absolute atomic E-state index is 4.98. The van der Waals surface area contributed by atoms with Gasteiger partial charge in [-0.15, -0.1) is 0 Å². The molecule has 0 aromatic carbocycles. The van der Waals surface area contributed by atoms with Crippen LogP contribution in [0.15, 0.2) is 29.1 Å². The van der Waals surface area contributed by atoms with Crippen molar-refractivity contribution in [3.05, 3.63) is 24.0 Å². The quantitative estimate of drug-likeness (QED) is 0.457. The summed E-state index contributed by atoms with van der Waals surface area (Å²) in [6, 6.07) is 0. The predicted octanol–water partition coefficient (Wildman–Crippen LogP) is 3.27. The van der Waals surface area contributed by atoms with Gasteiger partial charge in [0, 0.05) is 6.21 Å². The van der Waals surface area contributed by atoms with Crippen molar-refractivity contribution in [1.29, 1.82) is 0 Å². The molecule has 0 aromatic rings. The second kappa shape index (κ2) is 8.05. The largest absolute Gasteiger partial charge is 0.358 e. The summed E-state index contributed by atoms with van der Waals surface area (Å²) >= 11 is 0. The van der Waals surface area contributed by atoms with Crippen molar-refractivity contribution in [1.82, 2.24) is 0 Å². The van der Waals surface area contributed by atoms with E-state index in [4.69, 9.17) is 4.84 Å². The lowest BCUT2D eigenvalue weighted by Gasteiger charge is -2.01. The fraction of sp³-hybridized carbons (Fsp3) is 0.500. The SMILES string of the molecule is C/C=N/OC1=CCCC=C1.CC. The second-order valence-corrected chi connectivity index (χ2v) is 2.04. The Morgan fingerprint density at radius 2 is 2.17 bits per heavy atom. The second-order valence-electron chi connectivity index (χ2n) is 2.04. The molecule has 0 unspecified atom stereocenters. The molecule has 0 aromatic heterocycles. The van der Waals surface area contributed by atoms with Gasteiger partial charge >= 0.3 is 0 Å². The van der Waals surface area contributed by atoms with E-state index in [-0.39, 0.29) is 0 Å². The standard InChI is InChI=1S/C8H11NO.C2H6/c1-2-9-10-8-6-4-3-5-7-8;1-2/h2,4,6-7H,3,5H2,1H3;1-2H3/b9-2+;. The van der Waals surface area contributed by atoms with E-state index < -0.39 is 0 Å². The highest BCUT2D eigenvalue weighted by molar-refractivity contribution is 5.52. The van der Waals surface area contributed by atoms with Gasteiger partial charge in [-0.1, -0.05) is 25.1 Å². The van der Waals surface area contributed by atoms with Crippen LogP contribution in [-0.2, 0) is 4.84 Å². The average Bonchev–Trinajstić information content (AvgIpc) is 2.19. The van der Waals surface area contributed by atoms with Crippen LogP contribution < -0.4 is 0 Å². The minimum atomic E-state index is 0.851. The Kier molecular flexibility index (Phi) is 7.35. The van der Waals surface area contributed by atoms with Crippen LogP contribution in [0.2, 0.25) is 0 Å². The van der Waals surface area contributed by atoms with E-state index in [0.29, 0.717) is 0 Å². The number of oxime groups is 1. The Morgan fingerprint density at radius 1 is 1.42 bits per heavy atom. The fourth-order valence-corrected chi connectivity index (χ4v) is 0.771. The third-order valence-electron chi connectivity index (χ3n) is 1.22. The van der Waals surface area contributed by atoms with Gasteiger partial charge in [-0.05, 0) is 31.9 Å². The molecule has 0 saturated carbocycles. The molecule has 1 aliphatic rings. The summed E-state index contributed by atoms with van der Waals surface area (Å²) in [6.45, 7) is 5.83. The van der Waals surface area contributed by atoms with Gasteiger partial charge in [-0.2, -0.15) is 0 Å². The van der Waals surface area contributed by atoms with Crippen molar-refractivity contribution < 1.29 is 4.84 Å². The van der Waals surface area contributed by atoms with Crippen molar-refractivity contribution in [3.63, 3.8) is 0 Å².